The van der Waals surface area contributed by atoms with E-state index in [0.29, 0.717) is 16.8 Å². The van der Waals surface area contributed by atoms with Gasteiger partial charge in [-0.15, -0.1) is 12.4 Å². The quantitative estimate of drug-likeness (QED) is 0.571. The second-order valence-electron chi connectivity index (χ2n) is 7.10. The first kappa shape index (κ1) is 22.4. The Hall–Kier alpha value is -2.90. The first-order valence-corrected chi connectivity index (χ1v) is 9.21. The third kappa shape index (κ3) is 5.13. The fraction of sp³-hybridized carbons (Fsp3) is 0.286. The second kappa shape index (κ2) is 9.54. The summed E-state index contributed by atoms with van der Waals surface area (Å²) in [6, 6.07) is 14.3. The minimum Gasteiger partial charge on any atom is -0.353 e. The van der Waals surface area contributed by atoms with Crippen LogP contribution in [0.15, 0.2) is 58.1 Å². The van der Waals surface area contributed by atoms with Gasteiger partial charge < -0.3 is 16.0 Å². The van der Waals surface area contributed by atoms with Crippen molar-refractivity contribution in [2.24, 2.45) is 5.73 Å². The molecule has 0 aliphatic rings. The Kier molecular flexibility index (Phi) is 7.36. The van der Waals surface area contributed by atoms with E-state index in [1.807, 2.05) is 24.3 Å². The number of hydrogen-bond donors (Lipinski definition) is 3. The van der Waals surface area contributed by atoms with Crippen LogP contribution in [0.2, 0.25) is 0 Å². The minimum absolute atomic E-state index is 0. The highest BCUT2D eigenvalue weighted by atomic mass is 35.5. The third-order valence-corrected chi connectivity index (χ3v) is 4.74. The van der Waals surface area contributed by atoms with Gasteiger partial charge in [0.2, 0.25) is 5.91 Å². The molecule has 154 valence electrons. The number of aromatic nitrogens is 2. The van der Waals surface area contributed by atoms with Gasteiger partial charge in [-0.05, 0) is 29.2 Å². The lowest BCUT2D eigenvalue weighted by molar-refractivity contribution is -0.121. The van der Waals surface area contributed by atoms with Crippen LogP contribution in [0.3, 0.4) is 0 Å². The molecular formula is C21H25ClN4O3. The van der Waals surface area contributed by atoms with Gasteiger partial charge in [0.05, 0.1) is 10.9 Å². The second-order valence-corrected chi connectivity index (χ2v) is 7.10. The molecule has 3 aromatic rings. The number of nitrogens with zero attached hydrogens (tertiary/aromatic N) is 1. The zero-order chi connectivity index (χ0) is 20.3. The summed E-state index contributed by atoms with van der Waals surface area (Å²) in [6.45, 7) is 4.08. The van der Waals surface area contributed by atoms with Crippen LogP contribution in [0.5, 0.6) is 0 Å². The Bertz CT molecular complexity index is 1100. The molecule has 7 nitrogen and oxygen atoms in total. The monoisotopic (exact) mass is 416 g/mol. The maximum absolute atomic E-state index is 12.5. The van der Waals surface area contributed by atoms with E-state index in [2.05, 4.69) is 24.1 Å². The van der Waals surface area contributed by atoms with E-state index in [9.17, 15) is 14.4 Å². The van der Waals surface area contributed by atoms with E-state index in [1.54, 1.807) is 24.3 Å². The molecule has 4 N–H and O–H groups in total. The Morgan fingerprint density at radius 1 is 1.07 bits per heavy atom. The third-order valence-electron chi connectivity index (χ3n) is 4.74. The topological polar surface area (TPSA) is 110 Å². The molecule has 2 aromatic carbocycles. The van der Waals surface area contributed by atoms with Gasteiger partial charge in [-0.3, -0.25) is 14.2 Å². The van der Waals surface area contributed by atoms with Crippen molar-refractivity contribution in [2.45, 2.75) is 32.4 Å². The van der Waals surface area contributed by atoms with Gasteiger partial charge >= 0.3 is 5.69 Å². The lowest BCUT2D eigenvalue weighted by Gasteiger charge is -2.15. The standard InChI is InChI=1S/C21H24N4O3.ClH/c1-13(2)14-7-9-15(10-8-14)17(22)11-23-19(26)12-25-20(27)16-5-3-4-6-18(16)24-21(25)28;/h3-10,13,17H,11-12,22H2,1-2H3,(H,23,26)(H,24,28);1H. The summed E-state index contributed by atoms with van der Waals surface area (Å²) in [5.41, 5.74) is 7.60. The van der Waals surface area contributed by atoms with E-state index in [1.165, 1.54) is 5.56 Å². The van der Waals surface area contributed by atoms with E-state index < -0.39 is 17.2 Å². The molecule has 3 rings (SSSR count). The number of H-pyrrole nitrogens is 1. The van der Waals surface area contributed by atoms with Crippen molar-refractivity contribution < 1.29 is 4.79 Å². The number of halogens is 1. The van der Waals surface area contributed by atoms with Gasteiger partial charge in [0.1, 0.15) is 6.54 Å². The number of carbonyl (C=O) groups excluding carboxylic acids is 1. The van der Waals surface area contributed by atoms with Gasteiger partial charge in [-0.2, -0.15) is 0 Å². The smallest absolute Gasteiger partial charge is 0.329 e. The molecule has 1 heterocycles. The van der Waals surface area contributed by atoms with Crippen molar-refractivity contribution in [3.8, 4) is 0 Å². The predicted molar refractivity (Wildman–Crippen MR) is 117 cm³/mol. The number of rotatable bonds is 6. The fourth-order valence-corrected chi connectivity index (χ4v) is 3.01. The maximum Gasteiger partial charge on any atom is 0.329 e. The number of nitrogens with one attached hydrogen (secondary N) is 2. The number of nitrogens with two attached hydrogens (primary N) is 1. The van der Waals surface area contributed by atoms with Crippen LogP contribution in [-0.4, -0.2) is 22.0 Å². The molecule has 0 spiro atoms. The molecule has 0 aliphatic heterocycles. The SMILES string of the molecule is CC(C)c1ccc(C(N)CNC(=O)Cn2c(=O)[nH]c3ccccc3c2=O)cc1.Cl. The van der Waals surface area contributed by atoms with Crippen molar-refractivity contribution in [2.75, 3.05) is 6.54 Å². The number of amides is 1. The van der Waals surface area contributed by atoms with E-state index in [4.69, 9.17) is 5.73 Å². The summed E-state index contributed by atoms with van der Waals surface area (Å²) >= 11 is 0. The van der Waals surface area contributed by atoms with E-state index in [-0.39, 0.29) is 31.5 Å². The van der Waals surface area contributed by atoms with Crippen LogP contribution < -0.4 is 22.3 Å². The minimum atomic E-state index is -0.618. The lowest BCUT2D eigenvalue weighted by Crippen LogP contribution is -2.42. The molecule has 0 saturated carbocycles. The molecule has 0 fully saturated rings. The highest BCUT2D eigenvalue weighted by Crippen LogP contribution is 2.17. The van der Waals surface area contributed by atoms with Gasteiger partial charge in [0.25, 0.3) is 5.56 Å². The zero-order valence-corrected chi connectivity index (χ0v) is 17.2. The number of para-hydroxylation sites is 1. The Morgan fingerprint density at radius 3 is 2.34 bits per heavy atom. The molecule has 0 radical (unpaired) electrons. The first-order chi connectivity index (χ1) is 13.4. The summed E-state index contributed by atoms with van der Waals surface area (Å²) in [7, 11) is 0. The first-order valence-electron chi connectivity index (χ1n) is 9.21. The molecule has 0 aliphatic carbocycles. The van der Waals surface area contributed by atoms with Crippen LogP contribution in [0.25, 0.3) is 10.9 Å². The number of aromatic amines is 1. The highest BCUT2D eigenvalue weighted by Gasteiger charge is 2.13. The van der Waals surface area contributed by atoms with Crippen LogP contribution in [0.1, 0.15) is 36.9 Å². The van der Waals surface area contributed by atoms with Gasteiger partial charge in [0.15, 0.2) is 0 Å². The molecule has 1 amide bonds. The Balaban J connectivity index is 0.00000300. The number of carbonyl (C=O) groups is 1. The van der Waals surface area contributed by atoms with Crippen molar-refractivity contribution in [1.82, 2.24) is 14.9 Å². The van der Waals surface area contributed by atoms with Gasteiger partial charge in [0, 0.05) is 12.6 Å². The van der Waals surface area contributed by atoms with Crippen LogP contribution >= 0.6 is 12.4 Å². The van der Waals surface area contributed by atoms with Gasteiger partial charge in [-0.1, -0.05) is 50.2 Å². The molecule has 8 heteroatoms. The van der Waals surface area contributed by atoms with E-state index in [0.717, 1.165) is 10.1 Å². The van der Waals surface area contributed by atoms with Crippen molar-refractivity contribution in [3.05, 3.63) is 80.5 Å². The molecule has 0 bridgehead atoms. The normalized spacial score (nSPS) is 11.9. The summed E-state index contributed by atoms with van der Waals surface area (Å²) in [6.07, 6.45) is 0. The summed E-state index contributed by atoms with van der Waals surface area (Å²) in [5.74, 6) is -0.0135. The average Bonchev–Trinajstić information content (AvgIpc) is 2.69. The predicted octanol–water partition coefficient (Wildman–Crippen LogP) is 2.05. The molecule has 1 atom stereocenters. The van der Waals surface area contributed by atoms with Crippen molar-refractivity contribution in [3.63, 3.8) is 0 Å². The van der Waals surface area contributed by atoms with E-state index >= 15 is 0 Å². The fourth-order valence-electron chi connectivity index (χ4n) is 3.01. The molecule has 29 heavy (non-hydrogen) atoms. The van der Waals surface area contributed by atoms with Crippen LogP contribution in [-0.2, 0) is 11.3 Å². The summed E-state index contributed by atoms with van der Waals surface area (Å²) < 4.78 is 0.890. The van der Waals surface area contributed by atoms with Crippen molar-refractivity contribution >= 4 is 29.2 Å². The van der Waals surface area contributed by atoms with Crippen LogP contribution in [0, 0.1) is 0 Å². The Morgan fingerprint density at radius 2 is 1.69 bits per heavy atom. The molecule has 1 aromatic heterocycles. The highest BCUT2D eigenvalue weighted by molar-refractivity contribution is 5.85. The largest absolute Gasteiger partial charge is 0.353 e. The van der Waals surface area contributed by atoms with Crippen molar-refractivity contribution in [1.29, 1.82) is 0 Å². The summed E-state index contributed by atoms with van der Waals surface area (Å²) in [4.78, 5) is 39.5. The summed E-state index contributed by atoms with van der Waals surface area (Å²) in [5, 5.41) is 3.05. The number of benzene rings is 2. The van der Waals surface area contributed by atoms with Crippen LogP contribution in [0.4, 0.5) is 0 Å². The lowest BCUT2D eigenvalue weighted by atomic mass is 9.99. The molecular weight excluding hydrogens is 392 g/mol. The zero-order valence-electron chi connectivity index (χ0n) is 16.3. The Labute approximate surface area is 174 Å². The number of hydrogen-bond acceptors (Lipinski definition) is 4. The van der Waals surface area contributed by atoms with Gasteiger partial charge in [-0.25, -0.2) is 4.79 Å². The maximum atomic E-state index is 12.5. The molecule has 1 unspecified atom stereocenters. The average molecular weight is 417 g/mol. The molecule has 0 saturated heterocycles. The number of fused-ring (bicyclic) bond motifs is 1.